The van der Waals surface area contributed by atoms with E-state index in [0.29, 0.717) is 17.9 Å². The number of hydrogen-bond donors (Lipinski definition) is 2. The van der Waals surface area contributed by atoms with E-state index in [1.165, 1.54) is 31.5 Å². The third kappa shape index (κ3) is 5.54. The highest BCUT2D eigenvalue weighted by atomic mass is 15.2. The zero-order valence-corrected chi connectivity index (χ0v) is 15.0. The lowest BCUT2D eigenvalue weighted by Gasteiger charge is -2.34. The minimum absolute atomic E-state index is 0.445. The van der Waals surface area contributed by atoms with Gasteiger partial charge in [-0.3, -0.25) is 9.89 Å². The van der Waals surface area contributed by atoms with Crippen molar-refractivity contribution in [2.45, 2.75) is 52.5 Å². The summed E-state index contributed by atoms with van der Waals surface area (Å²) in [5.74, 6) is 1.81. The van der Waals surface area contributed by atoms with Gasteiger partial charge in [-0.1, -0.05) is 32.9 Å². The largest absolute Gasteiger partial charge is 0.370 e. The van der Waals surface area contributed by atoms with Gasteiger partial charge in [0.1, 0.15) is 0 Å². The van der Waals surface area contributed by atoms with E-state index in [-0.39, 0.29) is 0 Å². The fourth-order valence-electron chi connectivity index (χ4n) is 3.13. The zero-order valence-electron chi connectivity index (χ0n) is 15.0. The summed E-state index contributed by atoms with van der Waals surface area (Å²) in [6, 6.07) is 8.82. The maximum atomic E-state index is 6.06. The minimum atomic E-state index is 0.445. The average Bonchev–Trinajstić information content (AvgIpc) is 2.53. The summed E-state index contributed by atoms with van der Waals surface area (Å²) < 4.78 is 0. The first-order valence-corrected chi connectivity index (χ1v) is 8.86. The maximum Gasteiger partial charge on any atom is 0.193 e. The standard InChI is InChI=1S/C19H32N4/c1-14(2)17-8-5-9-18(11-17)22-19(20)21-12-16(4)23-10-6-7-15(3)13-23/h5,8-9,11,14-16H,6-7,10,12-13H2,1-4H3,(H3,20,21,22). The maximum absolute atomic E-state index is 6.06. The van der Waals surface area contributed by atoms with E-state index < -0.39 is 0 Å². The van der Waals surface area contributed by atoms with Crippen LogP contribution in [-0.2, 0) is 0 Å². The number of nitrogens with two attached hydrogens (primary N) is 1. The van der Waals surface area contributed by atoms with E-state index in [2.05, 4.69) is 61.1 Å². The predicted molar refractivity (Wildman–Crippen MR) is 100 cm³/mol. The molecule has 0 amide bonds. The summed E-state index contributed by atoms with van der Waals surface area (Å²) in [4.78, 5) is 7.07. The van der Waals surface area contributed by atoms with E-state index in [9.17, 15) is 0 Å². The smallest absolute Gasteiger partial charge is 0.193 e. The lowest BCUT2D eigenvalue weighted by molar-refractivity contribution is 0.142. The fraction of sp³-hybridized carbons (Fsp3) is 0.632. The minimum Gasteiger partial charge on any atom is -0.370 e. The van der Waals surface area contributed by atoms with E-state index in [4.69, 9.17) is 5.73 Å². The van der Waals surface area contributed by atoms with Crippen molar-refractivity contribution in [3.05, 3.63) is 29.8 Å². The molecular weight excluding hydrogens is 284 g/mol. The summed E-state index contributed by atoms with van der Waals surface area (Å²) in [6.07, 6.45) is 2.65. The molecule has 1 heterocycles. The molecule has 0 aliphatic carbocycles. The molecule has 0 saturated carbocycles. The molecule has 23 heavy (non-hydrogen) atoms. The third-order valence-electron chi connectivity index (χ3n) is 4.66. The molecule has 1 aliphatic heterocycles. The van der Waals surface area contributed by atoms with E-state index >= 15 is 0 Å². The van der Waals surface area contributed by atoms with Crippen LogP contribution >= 0.6 is 0 Å². The Morgan fingerprint density at radius 1 is 1.39 bits per heavy atom. The molecule has 1 aliphatic rings. The number of aliphatic imine (C=N–C) groups is 1. The Bertz CT molecular complexity index is 524. The molecule has 2 rings (SSSR count). The molecule has 1 fully saturated rings. The van der Waals surface area contributed by atoms with Crippen LogP contribution in [0.4, 0.5) is 5.69 Å². The number of nitrogens with one attached hydrogen (secondary N) is 1. The first kappa shape index (κ1) is 17.8. The Labute approximate surface area is 141 Å². The van der Waals surface area contributed by atoms with Crippen molar-refractivity contribution in [3.63, 3.8) is 0 Å². The van der Waals surface area contributed by atoms with E-state index in [1.54, 1.807) is 0 Å². The molecule has 2 atom stereocenters. The summed E-state index contributed by atoms with van der Waals surface area (Å²) in [5, 5.41) is 3.21. The quantitative estimate of drug-likeness (QED) is 0.644. The van der Waals surface area contributed by atoms with Crippen LogP contribution in [0.3, 0.4) is 0 Å². The van der Waals surface area contributed by atoms with Crippen molar-refractivity contribution in [3.8, 4) is 0 Å². The molecule has 128 valence electrons. The molecule has 4 nitrogen and oxygen atoms in total. The van der Waals surface area contributed by atoms with Crippen molar-refractivity contribution in [1.29, 1.82) is 0 Å². The number of rotatable bonds is 5. The molecule has 1 saturated heterocycles. The average molecular weight is 316 g/mol. The monoisotopic (exact) mass is 316 g/mol. The van der Waals surface area contributed by atoms with Crippen molar-refractivity contribution in [1.82, 2.24) is 4.90 Å². The molecule has 1 aromatic carbocycles. The first-order valence-electron chi connectivity index (χ1n) is 8.86. The van der Waals surface area contributed by atoms with Gasteiger partial charge in [-0.2, -0.15) is 0 Å². The van der Waals surface area contributed by atoms with Crippen molar-refractivity contribution in [2.75, 3.05) is 25.0 Å². The number of hydrogen-bond acceptors (Lipinski definition) is 2. The number of piperidine rings is 1. The van der Waals surface area contributed by atoms with Gasteiger partial charge in [0.05, 0.1) is 6.54 Å². The van der Waals surface area contributed by atoms with E-state index in [1.807, 2.05) is 6.07 Å². The van der Waals surface area contributed by atoms with Crippen LogP contribution in [0.5, 0.6) is 0 Å². The highest BCUT2D eigenvalue weighted by Crippen LogP contribution is 2.19. The second-order valence-corrected chi connectivity index (χ2v) is 7.22. The fourth-order valence-corrected chi connectivity index (χ4v) is 3.13. The van der Waals surface area contributed by atoms with Gasteiger partial charge in [-0.05, 0) is 55.8 Å². The summed E-state index contributed by atoms with van der Waals surface area (Å²) in [5.41, 5.74) is 8.37. The highest BCUT2D eigenvalue weighted by Gasteiger charge is 2.20. The van der Waals surface area contributed by atoms with Crippen LogP contribution in [0.2, 0.25) is 0 Å². The molecule has 0 radical (unpaired) electrons. The van der Waals surface area contributed by atoms with Gasteiger partial charge in [0.25, 0.3) is 0 Å². The van der Waals surface area contributed by atoms with Crippen molar-refractivity contribution < 1.29 is 0 Å². The van der Waals surface area contributed by atoms with Crippen LogP contribution < -0.4 is 11.1 Å². The van der Waals surface area contributed by atoms with Gasteiger partial charge in [0, 0.05) is 18.3 Å². The lowest BCUT2D eigenvalue weighted by Crippen LogP contribution is -2.42. The summed E-state index contributed by atoms with van der Waals surface area (Å²) in [7, 11) is 0. The first-order chi connectivity index (χ1) is 11.0. The Kier molecular flexibility index (Phi) is 6.46. The van der Waals surface area contributed by atoms with Gasteiger partial charge in [0.15, 0.2) is 5.96 Å². The van der Waals surface area contributed by atoms with Crippen LogP contribution in [-0.4, -0.2) is 36.5 Å². The zero-order chi connectivity index (χ0) is 16.8. The number of benzene rings is 1. The van der Waals surface area contributed by atoms with E-state index in [0.717, 1.165) is 18.2 Å². The summed E-state index contributed by atoms with van der Waals surface area (Å²) >= 11 is 0. The second-order valence-electron chi connectivity index (χ2n) is 7.22. The van der Waals surface area contributed by atoms with Crippen LogP contribution in [0.15, 0.2) is 29.3 Å². The molecular formula is C19H32N4. The molecule has 1 aromatic rings. The molecule has 0 aromatic heterocycles. The van der Waals surface area contributed by atoms with Crippen LogP contribution in [0.25, 0.3) is 0 Å². The highest BCUT2D eigenvalue weighted by molar-refractivity contribution is 5.92. The van der Waals surface area contributed by atoms with Crippen molar-refractivity contribution in [2.24, 2.45) is 16.6 Å². The van der Waals surface area contributed by atoms with Crippen LogP contribution in [0, 0.1) is 5.92 Å². The molecule has 3 N–H and O–H groups in total. The Balaban J connectivity index is 1.88. The summed E-state index contributed by atoms with van der Waals surface area (Å²) in [6.45, 7) is 12.1. The topological polar surface area (TPSA) is 53.6 Å². The van der Waals surface area contributed by atoms with Crippen LogP contribution in [0.1, 0.15) is 52.0 Å². The molecule has 2 unspecified atom stereocenters. The Hall–Kier alpha value is -1.55. The molecule has 0 bridgehead atoms. The van der Waals surface area contributed by atoms with Gasteiger partial charge < -0.3 is 11.1 Å². The van der Waals surface area contributed by atoms with Crippen molar-refractivity contribution >= 4 is 11.6 Å². The molecule has 0 spiro atoms. The normalized spacial score (nSPS) is 21.4. The lowest BCUT2D eigenvalue weighted by atomic mass is 9.99. The van der Waals surface area contributed by atoms with Gasteiger partial charge in [-0.25, -0.2) is 0 Å². The third-order valence-corrected chi connectivity index (χ3v) is 4.66. The number of anilines is 1. The number of nitrogens with zero attached hydrogens (tertiary/aromatic N) is 2. The second kappa shape index (κ2) is 8.34. The molecule has 4 heteroatoms. The Morgan fingerprint density at radius 2 is 2.17 bits per heavy atom. The van der Waals surface area contributed by atoms with Gasteiger partial charge in [0.2, 0.25) is 0 Å². The Morgan fingerprint density at radius 3 is 2.87 bits per heavy atom. The van der Waals surface area contributed by atoms with Gasteiger partial charge in [-0.15, -0.1) is 0 Å². The predicted octanol–water partition coefficient (Wildman–Crippen LogP) is 3.66. The van der Waals surface area contributed by atoms with Gasteiger partial charge >= 0.3 is 0 Å². The number of likely N-dealkylation sites (tertiary alicyclic amines) is 1. The SMILES string of the molecule is CC1CCCN(C(C)CN=C(N)Nc2cccc(C(C)C)c2)C1. The number of guanidine groups is 1.